The fraction of sp³-hybridized carbons (Fsp3) is 0.647. The van der Waals surface area contributed by atoms with E-state index in [-0.39, 0.29) is 0 Å². The lowest BCUT2D eigenvalue weighted by molar-refractivity contribution is 0.193. The molecule has 4 heteroatoms. The minimum absolute atomic E-state index is 0.637. The van der Waals surface area contributed by atoms with Crippen molar-refractivity contribution in [1.29, 1.82) is 0 Å². The van der Waals surface area contributed by atoms with Crippen LogP contribution in [-0.4, -0.2) is 56.8 Å². The van der Waals surface area contributed by atoms with Crippen molar-refractivity contribution in [3.63, 3.8) is 0 Å². The van der Waals surface area contributed by atoms with Crippen LogP contribution < -0.4 is 15.0 Å². The topological polar surface area (TPSA) is 27.7 Å². The second kappa shape index (κ2) is 6.67. The Hall–Kier alpha value is -1.26. The number of nitrogens with zero attached hydrogens (tertiary/aromatic N) is 2. The van der Waals surface area contributed by atoms with Crippen LogP contribution in [0.25, 0.3) is 0 Å². The zero-order valence-corrected chi connectivity index (χ0v) is 13.2. The van der Waals surface area contributed by atoms with Gasteiger partial charge in [-0.05, 0) is 31.9 Å². The van der Waals surface area contributed by atoms with Gasteiger partial charge in [-0.3, -0.25) is 4.90 Å². The lowest BCUT2D eigenvalue weighted by atomic mass is 10.2. The van der Waals surface area contributed by atoms with Crippen molar-refractivity contribution in [1.82, 2.24) is 10.2 Å². The molecule has 1 heterocycles. The molecule has 1 saturated heterocycles. The molecule has 0 amide bonds. The summed E-state index contributed by atoms with van der Waals surface area (Å²) in [5, 5.41) is 3.64. The maximum atomic E-state index is 5.32. The van der Waals surface area contributed by atoms with Crippen LogP contribution in [-0.2, 0) is 0 Å². The standard InChI is InChI=1S/C17H27N3O/c1-14(13-18-15-6-7-15)19-8-10-20(11-9-19)16-4-3-5-17(12-16)21-2/h3-5,12,14-15,18H,6-11,13H2,1-2H3. The average molecular weight is 289 g/mol. The molecule has 1 N–H and O–H groups in total. The van der Waals surface area contributed by atoms with Gasteiger partial charge in [-0.2, -0.15) is 0 Å². The van der Waals surface area contributed by atoms with Crippen LogP contribution >= 0.6 is 0 Å². The van der Waals surface area contributed by atoms with Crippen molar-refractivity contribution in [3.05, 3.63) is 24.3 Å². The summed E-state index contributed by atoms with van der Waals surface area (Å²) < 4.78 is 5.32. The van der Waals surface area contributed by atoms with Gasteiger partial charge in [-0.1, -0.05) is 6.07 Å². The Morgan fingerprint density at radius 1 is 1.24 bits per heavy atom. The molecule has 116 valence electrons. The van der Waals surface area contributed by atoms with Crippen molar-refractivity contribution in [3.8, 4) is 5.75 Å². The molecule has 0 bridgehead atoms. The number of nitrogens with one attached hydrogen (secondary N) is 1. The van der Waals surface area contributed by atoms with E-state index in [1.54, 1.807) is 7.11 Å². The number of rotatable bonds is 6. The first-order valence-electron chi connectivity index (χ1n) is 8.12. The van der Waals surface area contributed by atoms with Crippen LogP contribution in [0.2, 0.25) is 0 Å². The van der Waals surface area contributed by atoms with Crippen LogP contribution in [0.4, 0.5) is 5.69 Å². The van der Waals surface area contributed by atoms with Crippen molar-refractivity contribution in [2.75, 3.05) is 44.7 Å². The summed E-state index contributed by atoms with van der Waals surface area (Å²) >= 11 is 0. The Kier molecular flexibility index (Phi) is 4.66. The van der Waals surface area contributed by atoms with Crippen molar-refractivity contribution >= 4 is 5.69 Å². The van der Waals surface area contributed by atoms with Crippen molar-refractivity contribution in [2.45, 2.75) is 31.8 Å². The summed E-state index contributed by atoms with van der Waals surface area (Å²) in [5.41, 5.74) is 1.28. The van der Waals surface area contributed by atoms with Crippen LogP contribution in [0, 0.1) is 0 Å². The molecule has 1 atom stereocenters. The quantitative estimate of drug-likeness (QED) is 0.866. The molecule has 0 aromatic heterocycles. The first kappa shape index (κ1) is 14.7. The average Bonchev–Trinajstić information content (AvgIpc) is 3.37. The van der Waals surface area contributed by atoms with E-state index in [1.807, 2.05) is 6.07 Å². The minimum Gasteiger partial charge on any atom is -0.497 e. The van der Waals surface area contributed by atoms with Crippen LogP contribution in [0.1, 0.15) is 19.8 Å². The minimum atomic E-state index is 0.637. The highest BCUT2D eigenvalue weighted by Gasteiger charge is 2.24. The fourth-order valence-corrected chi connectivity index (χ4v) is 2.98. The third kappa shape index (κ3) is 3.89. The van der Waals surface area contributed by atoms with Crippen molar-refractivity contribution < 1.29 is 4.74 Å². The molecular weight excluding hydrogens is 262 g/mol. The SMILES string of the molecule is COc1cccc(N2CCN(C(C)CNC3CC3)CC2)c1. The molecule has 0 spiro atoms. The molecule has 1 aliphatic carbocycles. The van der Waals surface area contributed by atoms with Gasteiger partial charge in [0.1, 0.15) is 5.75 Å². The van der Waals surface area contributed by atoms with Crippen molar-refractivity contribution in [2.24, 2.45) is 0 Å². The largest absolute Gasteiger partial charge is 0.497 e. The van der Waals surface area contributed by atoms with Gasteiger partial charge in [0.2, 0.25) is 0 Å². The number of anilines is 1. The maximum absolute atomic E-state index is 5.32. The van der Waals surface area contributed by atoms with E-state index in [0.29, 0.717) is 6.04 Å². The number of hydrogen-bond donors (Lipinski definition) is 1. The number of hydrogen-bond acceptors (Lipinski definition) is 4. The highest BCUT2D eigenvalue weighted by Crippen LogP contribution is 2.23. The van der Waals surface area contributed by atoms with E-state index in [2.05, 4.69) is 40.2 Å². The van der Waals surface area contributed by atoms with Gasteiger partial charge in [0.25, 0.3) is 0 Å². The molecule has 3 rings (SSSR count). The van der Waals surface area contributed by atoms with E-state index in [1.165, 1.54) is 18.5 Å². The first-order chi connectivity index (χ1) is 10.3. The normalized spacial score (nSPS) is 21.3. The predicted molar refractivity (Wildman–Crippen MR) is 87.3 cm³/mol. The Balaban J connectivity index is 1.49. The summed E-state index contributed by atoms with van der Waals surface area (Å²) in [6.45, 7) is 7.96. The van der Waals surface area contributed by atoms with Gasteiger partial charge in [0.05, 0.1) is 7.11 Å². The van der Waals surface area contributed by atoms with Gasteiger partial charge >= 0.3 is 0 Å². The Morgan fingerprint density at radius 2 is 2.00 bits per heavy atom. The predicted octanol–water partition coefficient (Wildman–Crippen LogP) is 1.96. The lowest BCUT2D eigenvalue weighted by Gasteiger charge is -2.39. The van der Waals surface area contributed by atoms with Gasteiger partial charge in [0, 0.05) is 56.6 Å². The number of methoxy groups -OCH3 is 1. The number of piperazine rings is 1. The van der Waals surface area contributed by atoms with Crippen LogP contribution in [0.5, 0.6) is 5.75 Å². The van der Waals surface area contributed by atoms with E-state index in [9.17, 15) is 0 Å². The number of ether oxygens (including phenoxy) is 1. The molecule has 1 aromatic rings. The Bertz CT molecular complexity index is 453. The van der Waals surface area contributed by atoms with E-state index in [0.717, 1.165) is 44.5 Å². The highest BCUT2D eigenvalue weighted by atomic mass is 16.5. The fourth-order valence-electron chi connectivity index (χ4n) is 2.98. The maximum Gasteiger partial charge on any atom is 0.120 e. The summed E-state index contributed by atoms with van der Waals surface area (Å²) in [5.74, 6) is 0.942. The zero-order valence-electron chi connectivity index (χ0n) is 13.2. The summed E-state index contributed by atoms with van der Waals surface area (Å²) in [4.78, 5) is 5.06. The monoisotopic (exact) mass is 289 g/mol. The summed E-state index contributed by atoms with van der Waals surface area (Å²) in [6, 6.07) is 9.83. The lowest BCUT2D eigenvalue weighted by Crippen LogP contribution is -2.52. The van der Waals surface area contributed by atoms with E-state index >= 15 is 0 Å². The zero-order chi connectivity index (χ0) is 14.7. The highest BCUT2D eigenvalue weighted by molar-refractivity contribution is 5.51. The third-order valence-corrected chi connectivity index (χ3v) is 4.64. The first-order valence-corrected chi connectivity index (χ1v) is 8.12. The summed E-state index contributed by atoms with van der Waals surface area (Å²) in [6.07, 6.45) is 2.74. The molecule has 21 heavy (non-hydrogen) atoms. The molecule has 4 nitrogen and oxygen atoms in total. The molecule has 2 fully saturated rings. The van der Waals surface area contributed by atoms with Crippen LogP contribution in [0.3, 0.4) is 0 Å². The molecule has 1 unspecified atom stereocenters. The van der Waals surface area contributed by atoms with Gasteiger partial charge < -0.3 is 15.0 Å². The van der Waals surface area contributed by atoms with E-state index in [4.69, 9.17) is 4.74 Å². The molecule has 1 aliphatic heterocycles. The van der Waals surface area contributed by atoms with E-state index < -0.39 is 0 Å². The molecule has 0 radical (unpaired) electrons. The Labute approximate surface area is 128 Å². The van der Waals surface area contributed by atoms with Gasteiger partial charge in [-0.25, -0.2) is 0 Å². The number of benzene rings is 1. The van der Waals surface area contributed by atoms with Crippen LogP contribution in [0.15, 0.2) is 24.3 Å². The molecule has 1 saturated carbocycles. The molecular formula is C17H27N3O. The third-order valence-electron chi connectivity index (χ3n) is 4.64. The smallest absolute Gasteiger partial charge is 0.120 e. The molecule has 1 aromatic carbocycles. The van der Waals surface area contributed by atoms with Gasteiger partial charge in [0.15, 0.2) is 0 Å². The van der Waals surface area contributed by atoms with Gasteiger partial charge in [-0.15, -0.1) is 0 Å². The second-order valence-corrected chi connectivity index (χ2v) is 6.26. The second-order valence-electron chi connectivity index (χ2n) is 6.26. The molecule has 2 aliphatic rings. The summed E-state index contributed by atoms with van der Waals surface area (Å²) in [7, 11) is 1.73. The Morgan fingerprint density at radius 3 is 2.67 bits per heavy atom.